The van der Waals surface area contributed by atoms with Gasteiger partial charge in [-0.25, -0.2) is 0 Å². The highest BCUT2D eigenvalue weighted by Gasteiger charge is 2.27. The Kier molecular flexibility index (Phi) is 5.38. The van der Waals surface area contributed by atoms with Gasteiger partial charge in [0.15, 0.2) is 0 Å². The number of hydrogen-bond donors (Lipinski definition) is 2. The highest BCUT2D eigenvalue weighted by atomic mass is 16.5. The van der Waals surface area contributed by atoms with E-state index in [4.69, 9.17) is 20.9 Å². The molecular formula is C20H26N2O2. The molecule has 2 atom stereocenters. The number of hydrogen-bond acceptors (Lipinski definition) is 4. The molecule has 2 unspecified atom stereocenters. The zero-order chi connectivity index (χ0) is 16.9. The summed E-state index contributed by atoms with van der Waals surface area (Å²) in [4.78, 5) is 0. The van der Waals surface area contributed by atoms with Crippen molar-refractivity contribution in [3.8, 4) is 11.5 Å². The number of benzene rings is 2. The molecule has 0 radical (unpaired) electrons. The van der Waals surface area contributed by atoms with Crippen LogP contribution in [0.1, 0.15) is 29.0 Å². The summed E-state index contributed by atoms with van der Waals surface area (Å²) in [5.74, 6) is 2.07. The summed E-state index contributed by atoms with van der Waals surface area (Å²) in [6.45, 7) is 1.06. The maximum atomic E-state index is 6.46. The molecule has 0 amide bonds. The molecule has 1 aliphatic rings. The van der Waals surface area contributed by atoms with Crippen LogP contribution in [0.2, 0.25) is 0 Å². The van der Waals surface area contributed by atoms with E-state index in [1.807, 2.05) is 18.2 Å². The molecule has 4 heteroatoms. The van der Waals surface area contributed by atoms with Gasteiger partial charge in [-0.05, 0) is 60.2 Å². The van der Waals surface area contributed by atoms with Crippen LogP contribution >= 0.6 is 0 Å². The molecule has 1 aliphatic carbocycles. The summed E-state index contributed by atoms with van der Waals surface area (Å²) in [5.41, 5.74) is 16.0. The SMILES string of the molecule is COc1ccc(CC2c3cc(OCCN)ccc3CCC2N)cc1. The lowest BCUT2D eigenvalue weighted by molar-refractivity contribution is 0.327. The Morgan fingerprint density at radius 1 is 1.08 bits per heavy atom. The minimum atomic E-state index is 0.171. The normalized spacial score (nSPS) is 19.6. The molecule has 128 valence electrons. The van der Waals surface area contributed by atoms with Crippen LogP contribution in [0.15, 0.2) is 42.5 Å². The first-order valence-corrected chi connectivity index (χ1v) is 8.55. The van der Waals surface area contributed by atoms with Crippen LogP contribution in [-0.4, -0.2) is 26.3 Å². The van der Waals surface area contributed by atoms with Crippen LogP contribution in [0, 0.1) is 0 Å². The third kappa shape index (κ3) is 3.71. The zero-order valence-electron chi connectivity index (χ0n) is 14.2. The summed E-state index contributed by atoms with van der Waals surface area (Å²) < 4.78 is 10.9. The Hall–Kier alpha value is -2.04. The topological polar surface area (TPSA) is 70.5 Å². The quantitative estimate of drug-likeness (QED) is 0.856. The number of methoxy groups -OCH3 is 1. The van der Waals surface area contributed by atoms with Gasteiger partial charge in [0.05, 0.1) is 7.11 Å². The van der Waals surface area contributed by atoms with Crippen molar-refractivity contribution in [1.82, 2.24) is 0 Å². The average Bonchev–Trinajstić information content (AvgIpc) is 2.63. The molecule has 0 saturated heterocycles. The molecule has 24 heavy (non-hydrogen) atoms. The molecule has 0 spiro atoms. The monoisotopic (exact) mass is 326 g/mol. The van der Waals surface area contributed by atoms with Gasteiger partial charge in [0.1, 0.15) is 18.1 Å². The van der Waals surface area contributed by atoms with E-state index >= 15 is 0 Å². The van der Waals surface area contributed by atoms with Crippen LogP contribution in [0.4, 0.5) is 0 Å². The van der Waals surface area contributed by atoms with Crippen LogP contribution in [0.25, 0.3) is 0 Å². The molecule has 4 N–H and O–H groups in total. The number of ether oxygens (including phenoxy) is 2. The second-order valence-electron chi connectivity index (χ2n) is 6.36. The van der Waals surface area contributed by atoms with Gasteiger partial charge in [-0.15, -0.1) is 0 Å². The molecule has 0 aliphatic heterocycles. The van der Waals surface area contributed by atoms with Gasteiger partial charge in [-0.2, -0.15) is 0 Å². The maximum Gasteiger partial charge on any atom is 0.119 e. The fraction of sp³-hybridized carbons (Fsp3) is 0.400. The van der Waals surface area contributed by atoms with Gasteiger partial charge < -0.3 is 20.9 Å². The van der Waals surface area contributed by atoms with Gasteiger partial charge >= 0.3 is 0 Å². The number of rotatable bonds is 6. The molecule has 0 fully saturated rings. The second-order valence-corrected chi connectivity index (χ2v) is 6.36. The minimum Gasteiger partial charge on any atom is -0.497 e. The Bertz CT molecular complexity index is 670. The van der Waals surface area contributed by atoms with Crippen molar-refractivity contribution in [3.63, 3.8) is 0 Å². The fourth-order valence-corrected chi connectivity index (χ4v) is 3.44. The fourth-order valence-electron chi connectivity index (χ4n) is 3.44. The smallest absolute Gasteiger partial charge is 0.119 e. The van der Waals surface area contributed by atoms with Crippen LogP contribution in [-0.2, 0) is 12.8 Å². The van der Waals surface area contributed by atoms with Gasteiger partial charge in [-0.1, -0.05) is 18.2 Å². The van der Waals surface area contributed by atoms with Crippen molar-refractivity contribution in [2.75, 3.05) is 20.3 Å². The van der Waals surface area contributed by atoms with E-state index in [0.717, 1.165) is 30.8 Å². The van der Waals surface area contributed by atoms with Crippen LogP contribution < -0.4 is 20.9 Å². The number of nitrogens with two attached hydrogens (primary N) is 2. The predicted molar refractivity (Wildman–Crippen MR) is 96.7 cm³/mol. The summed E-state index contributed by atoms with van der Waals surface area (Å²) in [5, 5.41) is 0. The molecule has 2 aromatic carbocycles. The van der Waals surface area contributed by atoms with Crippen molar-refractivity contribution in [2.24, 2.45) is 11.5 Å². The van der Waals surface area contributed by atoms with Gasteiger partial charge in [0, 0.05) is 18.5 Å². The van der Waals surface area contributed by atoms with E-state index in [0.29, 0.717) is 19.1 Å². The molecule has 0 saturated carbocycles. The predicted octanol–water partition coefficient (Wildman–Crippen LogP) is 2.63. The molecular weight excluding hydrogens is 300 g/mol. The number of fused-ring (bicyclic) bond motifs is 1. The molecule has 3 rings (SSSR count). The van der Waals surface area contributed by atoms with E-state index in [-0.39, 0.29) is 6.04 Å². The lowest BCUT2D eigenvalue weighted by Gasteiger charge is -2.32. The third-order valence-electron chi connectivity index (χ3n) is 4.78. The summed E-state index contributed by atoms with van der Waals surface area (Å²) in [6, 6.07) is 14.8. The Balaban J connectivity index is 1.84. The van der Waals surface area contributed by atoms with Gasteiger partial charge in [0.25, 0.3) is 0 Å². The van der Waals surface area contributed by atoms with Crippen LogP contribution in [0.5, 0.6) is 11.5 Å². The van der Waals surface area contributed by atoms with E-state index in [1.165, 1.54) is 16.7 Å². The van der Waals surface area contributed by atoms with Crippen molar-refractivity contribution in [2.45, 2.75) is 31.2 Å². The summed E-state index contributed by atoms with van der Waals surface area (Å²) in [7, 11) is 1.69. The van der Waals surface area contributed by atoms with Crippen molar-refractivity contribution in [1.29, 1.82) is 0 Å². The first kappa shape index (κ1) is 16.8. The second kappa shape index (κ2) is 7.69. The number of aryl methyl sites for hydroxylation is 1. The van der Waals surface area contributed by atoms with E-state index < -0.39 is 0 Å². The van der Waals surface area contributed by atoms with E-state index in [1.54, 1.807) is 7.11 Å². The lowest BCUT2D eigenvalue weighted by Crippen LogP contribution is -2.34. The van der Waals surface area contributed by atoms with Crippen LogP contribution in [0.3, 0.4) is 0 Å². The first-order chi connectivity index (χ1) is 11.7. The Morgan fingerprint density at radius 2 is 1.83 bits per heavy atom. The van der Waals surface area contributed by atoms with Crippen molar-refractivity contribution >= 4 is 0 Å². The standard InChI is InChI=1S/C20H26N2O2/c1-23-16-6-2-14(3-7-16)12-19-18-13-17(24-11-10-21)8-4-15(18)5-9-20(19)22/h2-4,6-8,13,19-20H,5,9-12,21-22H2,1H3. The highest BCUT2D eigenvalue weighted by Crippen LogP contribution is 2.36. The summed E-state index contributed by atoms with van der Waals surface area (Å²) >= 11 is 0. The van der Waals surface area contributed by atoms with Gasteiger partial charge in [0.2, 0.25) is 0 Å². The molecule has 2 aromatic rings. The van der Waals surface area contributed by atoms with Gasteiger partial charge in [-0.3, -0.25) is 0 Å². The Labute approximate surface area is 143 Å². The van der Waals surface area contributed by atoms with Crippen molar-refractivity contribution < 1.29 is 9.47 Å². The average molecular weight is 326 g/mol. The lowest BCUT2D eigenvalue weighted by atomic mass is 9.76. The first-order valence-electron chi connectivity index (χ1n) is 8.55. The maximum absolute atomic E-state index is 6.46. The molecule has 0 heterocycles. The highest BCUT2D eigenvalue weighted by molar-refractivity contribution is 5.42. The summed E-state index contributed by atoms with van der Waals surface area (Å²) in [6.07, 6.45) is 2.99. The molecule has 4 nitrogen and oxygen atoms in total. The minimum absolute atomic E-state index is 0.171. The molecule has 0 bridgehead atoms. The largest absolute Gasteiger partial charge is 0.497 e. The van der Waals surface area contributed by atoms with E-state index in [2.05, 4.69) is 24.3 Å². The molecule has 0 aromatic heterocycles. The Morgan fingerprint density at radius 3 is 2.54 bits per heavy atom. The zero-order valence-corrected chi connectivity index (χ0v) is 14.2. The van der Waals surface area contributed by atoms with Crippen molar-refractivity contribution in [3.05, 3.63) is 59.2 Å². The third-order valence-corrected chi connectivity index (χ3v) is 4.78. The van der Waals surface area contributed by atoms with E-state index in [9.17, 15) is 0 Å².